The van der Waals surface area contributed by atoms with Crippen LogP contribution in [0.3, 0.4) is 0 Å². The Morgan fingerprint density at radius 3 is 2.50 bits per heavy atom. The molecule has 0 aliphatic carbocycles. The monoisotopic (exact) mass is 322 g/mol. The summed E-state index contributed by atoms with van der Waals surface area (Å²) in [5.74, 6) is 1.36. The molecule has 3 nitrogen and oxygen atoms in total. The summed E-state index contributed by atoms with van der Waals surface area (Å²) in [5, 5.41) is 0. The molecule has 0 heterocycles. The molecule has 0 fully saturated rings. The molecule has 0 aromatic heterocycles. The van der Waals surface area contributed by atoms with E-state index in [0.717, 1.165) is 11.3 Å². The standard InChI is InChI=1S/C21H22O3/c1-16(2)13-14-24-19-11-9-18(21(15-19)23-3)10-12-20(22)17-7-5-4-6-8-17/h4-13,15H,14H2,1-3H3/b12-10+. The lowest BCUT2D eigenvalue weighted by atomic mass is 10.1. The van der Waals surface area contributed by atoms with Gasteiger partial charge < -0.3 is 9.47 Å². The van der Waals surface area contributed by atoms with Gasteiger partial charge in [0, 0.05) is 17.2 Å². The number of ether oxygens (including phenoxy) is 2. The summed E-state index contributed by atoms with van der Waals surface area (Å²) in [4.78, 5) is 12.1. The Labute approximate surface area is 143 Å². The molecule has 0 aliphatic rings. The maximum atomic E-state index is 12.1. The summed E-state index contributed by atoms with van der Waals surface area (Å²) in [5.41, 5.74) is 2.70. The number of rotatable bonds is 7. The van der Waals surface area contributed by atoms with Gasteiger partial charge in [-0.15, -0.1) is 0 Å². The van der Waals surface area contributed by atoms with E-state index >= 15 is 0 Å². The van der Waals surface area contributed by atoms with Crippen molar-refractivity contribution in [3.8, 4) is 11.5 Å². The fraction of sp³-hybridized carbons (Fsp3) is 0.190. The molecule has 0 bridgehead atoms. The van der Waals surface area contributed by atoms with Gasteiger partial charge in [-0.3, -0.25) is 4.79 Å². The van der Waals surface area contributed by atoms with E-state index in [4.69, 9.17) is 9.47 Å². The van der Waals surface area contributed by atoms with Gasteiger partial charge in [0.25, 0.3) is 0 Å². The average molecular weight is 322 g/mol. The summed E-state index contributed by atoms with van der Waals surface area (Å²) >= 11 is 0. The molecule has 0 saturated carbocycles. The van der Waals surface area contributed by atoms with Gasteiger partial charge in [0.1, 0.15) is 18.1 Å². The lowest BCUT2D eigenvalue weighted by molar-refractivity contribution is 0.104. The Hall–Kier alpha value is -2.81. The molecule has 0 spiro atoms. The highest BCUT2D eigenvalue weighted by atomic mass is 16.5. The maximum absolute atomic E-state index is 12.1. The first-order valence-corrected chi connectivity index (χ1v) is 7.82. The van der Waals surface area contributed by atoms with Crippen LogP contribution in [0.1, 0.15) is 29.8 Å². The van der Waals surface area contributed by atoms with Crippen molar-refractivity contribution in [1.82, 2.24) is 0 Å². The van der Waals surface area contributed by atoms with E-state index in [9.17, 15) is 4.79 Å². The third-order valence-corrected chi connectivity index (χ3v) is 3.42. The molecule has 24 heavy (non-hydrogen) atoms. The van der Waals surface area contributed by atoms with Crippen molar-refractivity contribution >= 4 is 11.9 Å². The highest BCUT2D eigenvalue weighted by Gasteiger charge is 2.05. The summed E-state index contributed by atoms with van der Waals surface area (Å²) in [6.45, 7) is 4.58. The second-order valence-electron chi connectivity index (χ2n) is 5.56. The number of hydrogen-bond donors (Lipinski definition) is 0. The fourth-order valence-electron chi connectivity index (χ4n) is 2.09. The van der Waals surface area contributed by atoms with Gasteiger partial charge in [-0.1, -0.05) is 35.9 Å². The predicted octanol–water partition coefficient (Wildman–Crippen LogP) is 4.94. The van der Waals surface area contributed by atoms with Gasteiger partial charge in [-0.05, 0) is 44.2 Å². The molecule has 2 aromatic carbocycles. The minimum absolute atomic E-state index is 0.0402. The van der Waals surface area contributed by atoms with Gasteiger partial charge in [-0.2, -0.15) is 0 Å². The molecule has 0 N–H and O–H groups in total. The first kappa shape index (κ1) is 17.5. The highest BCUT2D eigenvalue weighted by Crippen LogP contribution is 2.26. The van der Waals surface area contributed by atoms with Crippen molar-refractivity contribution in [2.45, 2.75) is 13.8 Å². The van der Waals surface area contributed by atoms with Crippen molar-refractivity contribution in [2.24, 2.45) is 0 Å². The lowest BCUT2D eigenvalue weighted by Crippen LogP contribution is -1.96. The minimum atomic E-state index is -0.0402. The number of ketones is 1. The molecular formula is C21H22O3. The van der Waals surface area contributed by atoms with Crippen molar-refractivity contribution in [2.75, 3.05) is 13.7 Å². The van der Waals surface area contributed by atoms with Crippen molar-refractivity contribution in [3.05, 3.63) is 77.4 Å². The molecule has 0 radical (unpaired) electrons. The number of carbonyl (C=O) groups excluding carboxylic acids is 1. The van der Waals surface area contributed by atoms with Crippen LogP contribution in [0.2, 0.25) is 0 Å². The number of allylic oxidation sites excluding steroid dienone is 2. The van der Waals surface area contributed by atoms with Crippen LogP contribution in [0.25, 0.3) is 6.08 Å². The summed E-state index contributed by atoms with van der Waals surface area (Å²) in [7, 11) is 1.60. The Bertz CT molecular complexity index is 739. The van der Waals surface area contributed by atoms with E-state index in [1.54, 1.807) is 31.4 Å². The molecule has 0 unspecified atom stereocenters. The molecule has 124 valence electrons. The highest BCUT2D eigenvalue weighted by molar-refractivity contribution is 6.06. The minimum Gasteiger partial charge on any atom is -0.496 e. The molecule has 3 heteroatoms. The zero-order chi connectivity index (χ0) is 17.4. The van der Waals surface area contributed by atoms with Crippen LogP contribution in [-0.2, 0) is 0 Å². The van der Waals surface area contributed by atoms with Crippen molar-refractivity contribution in [1.29, 1.82) is 0 Å². The van der Waals surface area contributed by atoms with E-state index in [1.165, 1.54) is 5.57 Å². The van der Waals surface area contributed by atoms with Crippen LogP contribution >= 0.6 is 0 Å². The fourth-order valence-corrected chi connectivity index (χ4v) is 2.09. The summed E-state index contributed by atoms with van der Waals surface area (Å²) in [6, 6.07) is 14.7. The van der Waals surface area contributed by atoms with E-state index < -0.39 is 0 Å². The number of carbonyl (C=O) groups is 1. The summed E-state index contributed by atoms with van der Waals surface area (Å²) in [6.07, 6.45) is 5.32. The van der Waals surface area contributed by atoms with Crippen LogP contribution in [0.5, 0.6) is 11.5 Å². The third kappa shape index (κ3) is 5.13. The van der Waals surface area contributed by atoms with Crippen LogP contribution < -0.4 is 9.47 Å². The van der Waals surface area contributed by atoms with Gasteiger partial charge in [-0.25, -0.2) is 0 Å². The Balaban J connectivity index is 2.11. The molecule has 2 aromatic rings. The van der Waals surface area contributed by atoms with Gasteiger partial charge >= 0.3 is 0 Å². The van der Waals surface area contributed by atoms with Crippen LogP contribution in [0, 0.1) is 0 Å². The molecule has 0 amide bonds. The van der Waals surface area contributed by atoms with E-state index in [1.807, 2.05) is 56.3 Å². The van der Waals surface area contributed by atoms with Gasteiger partial charge in [0.2, 0.25) is 0 Å². The molecular weight excluding hydrogens is 300 g/mol. The largest absolute Gasteiger partial charge is 0.496 e. The number of methoxy groups -OCH3 is 1. The van der Waals surface area contributed by atoms with Gasteiger partial charge in [0.05, 0.1) is 7.11 Å². The zero-order valence-electron chi connectivity index (χ0n) is 14.3. The molecule has 0 atom stereocenters. The predicted molar refractivity (Wildman–Crippen MR) is 97.7 cm³/mol. The Kier molecular flexibility index (Phi) is 6.38. The Morgan fingerprint density at radius 2 is 1.83 bits per heavy atom. The third-order valence-electron chi connectivity index (χ3n) is 3.42. The first-order valence-electron chi connectivity index (χ1n) is 7.82. The Morgan fingerprint density at radius 1 is 1.08 bits per heavy atom. The SMILES string of the molecule is COc1cc(OCC=C(C)C)ccc1/C=C/C(=O)c1ccccc1. The molecule has 2 rings (SSSR count). The van der Waals surface area contributed by atoms with Crippen molar-refractivity contribution < 1.29 is 14.3 Å². The first-order chi connectivity index (χ1) is 11.6. The van der Waals surface area contributed by atoms with E-state index in [-0.39, 0.29) is 5.78 Å². The van der Waals surface area contributed by atoms with Crippen LogP contribution in [0.4, 0.5) is 0 Å². The maximum Gasteiger partial charge on any atom is 0.185 e. The average Bonchev–Trinajstić information content (AvgIpc) is 2.60. The molecule has 0 saturated heterocycles. The number of benzene rings is 2. The topological polar surface area (TPSA) is 35.5 Å². The smallest absolute Gasteiger partial charge is 0.185 e. The molecule has 0 aliphatic heterocycles. The van der Waals surface area contributed by atoms with Crippen LogP contribution in [0.15, 0.2) is 66.3 Å². The van der Waals surface area contributed by atoms with Gasteiger partial charge in [0.15, 0.2) is 5.78 Å². The normalized spacial score (nSPS) is 10.5. The van der Waals surface area contributed by atoms with E-state index in [0.29, 0.717) is 17.9 Å². The number of hydrogen-bond acceptors (Lipinski definition) is 3. The zero-order valence-corrected chi connectivity index (χ0v) is 14.3. The second-order valence-corrected chi connectivity index (χ2v) is 5.56. The van der Waals surface area contributed by atoms with Crippen molar-refractivity contribution in [3.63, 3.8) is 0 Å². The lowest BCUT2D eigenvalue weighted by Gasteiger charge is -2.09. The summed E-state index contributed by atoms with van der Waals surface area (Å²) < 4.78 is 11.1. The van der Waals surface area contributed by atoms with Crippen LogP contribution in [-0.4, -0.2) is 19.5 Å². The quantitative estimate of drug-likeness (QED) is 0.411. The van der Waals surface area contributed by atoms with E-state index in [2.05, 4.69) is 0 Å². The second kappa shape index (κ2) is 8.73.